The zero-order valence-corrected chi connectivity index (χ0v) is 11.6. The number of thiophene rings is 1. The number of carbonyl (C=O) groups is 1. The first-order valence-electron chi connectivity index (χ1n) is 4.67. The highest BCUT2D eigenvalue weighted by Gasteiger charge is 2.08. The molecule has 0 aliphatic carbocycles. The van der Waals surface area contributed by atoms with Gasteiger partial charge in [-0.15, -0.1) is 21.5 Å². The molecule has 1 amide bonds. The molecule has 0 aliphatic rings. The van der Waals surface area contributed by atoms with Gasteiger partial charge in [0.2, 0.25) is 0 Å². The maximum Gasteiger partial charge on any atom is 0.272 e. The third-order valence-electron chi connectivity index (χ3n) is 1.92. The van der Waals surface area contributed by atoms with E-state index in [4.69, 9.17) is 11.6 Å². The zero-order valence-electron chi connectivity index (χ0n) is 8.48. The molecule has 0 unspecified atom stereocenters. The molecule has 0 aliphatic heterocycles. The average molecular weight is 333 g/mol. The van der Waals surface area contributed by atoms with Crippen molar-refractivity contribution in [3.05, 3.63) is 43.8 Å². The summed E-state index contributed by atoms with van der Waals surface area (Å²) < 4.78 is 1.04. The van der Waals surface area contributed by atoms with Crippen LogP contribution in [0.5, 0.6) is 0 Å². The van der Waals surface area contributed by atoms with Crippen molar-refractivity contribution < 1.29 is 4.79 Å². The van der Waals surface area contributed by atoms with Gasteiger partial charge >= 0.3 is 0 Å². The quantitative estimate of drug-likeness (QED) is 0.940. The molecule has 0 radical (unpaired) electrons. The Hall–Kier alpha value is -0.980. The molecule has 2 aromatic rings. The van der Waals surface area contributed by atoms with E-state index in [0.717, 1.165) is 8.66 Å². The van der Waals surface area contributed by atoms with Crippen LogP contribution in [0.15, 0.2) is 28.1 Å². The van der Waals surface area contributed by atoms with Gasteiger partial charge in [-0.05, 0) is 40.2 Å². The number of hydrogen-bond donors (Lipinski definition) is 1. The molecule has 0 saturated heterocycles. The molecule has 2 heterocycles. The van der Waals surface area contributed by atoms with Gasteiger partial charge in [0.25, 0.3) is 5.91 Å². The highest BCUT2D eigenvalue weighted by Crippen LogP contribution is 2.21. The van der Waals surface area contributed by atoms with E-state index in [1.54, 1.807) is 11.3 Å². The number of aromatic nitrogens is 2. The van der Waals surface area contributed by atoms with Crippen molar-refractivity contribution in [1.29, 1.82) is 0 Å². The number of halogens is 2. The maximum atomic E-state index is 11.7. The van der Waals surface area contributed by atoms with E-state index in [1.807, 2.05) is 12.1 Å². The Morgan fingerprint density at radius 3 is 2.76 bits per heavy atom. The van der Waals surface area contributed by atoms with E-state index in [2.05, 4.69) is 31.4 Å². The lowest BCUT2D eigenvalue weighted by Gasteiger charge is -2.01. The SMILES string of the molecule is O=C(NCc1ccc(Br)s1)c1ccc(Cl)nn1. The first kappa shape index (κ1) is 12.5. The third-order valence-corrected chi connectivity index (χ3v) is 3.74. The summed E-state index contributed by atoms with van der Waals surface area (Å²) in [4.78, 5) is 12.7. The monoisotopic (exact) mass is 331 g/mol. The number of hydrogen-bond acceptors (Lipinski definition) is 4. The van der Waals surface area contributed by atoms with Crippen LogP contribution in [0.1, 0.15) is 15.4 Å². The largest absolute Gasteiger partial charge is 0.346 e. The predicted octanol–water partition coefficient (Wildman–Crippen LogP) is 2.88. The Morgan fingerprint density at radius 1 is 1.35 bits per heavy atom. The van der Waals surface area contributed by atoms with Crippen LogP contribution in [0.3, 0.4) is 0 Å². The minimum Gasteiger partial charge on any atom is -0.346 e. The van der Waals surface area contributed by atoms with Crippen molar-refractivity contribution in [3.8, 4) is 0 Å². The van der Waals surface area contributed by atoms with Crippen LogP contribution >= 0.6 is 38.9 Å². The molecular weight excluding hydrogens is 326 g/mol. The molecule has 7 heteroatoms. The highest BCUT2D eigenvalue weighted by molar-refractivity contribution is 9.11. The van der Waals surface area contributed by atoms with Gasteiger partial charge in [-0.1, -0.05) is 11.6 Å². The van der Waals surface area contributed by atoms with Crippen LogP contribution in [0.25, 0.3) is 0 Å². The predicted molar refractivity (Wildman–Crippen MR) is 70.2 cm³/mol. The second-order valence-electron chi connectivity index (χ2n) is 3.13. The van der Waals surface area contributed by atoms with Gasteiger partial charge in [-0.25, -0.2) is 0 Å². The third kappa shape index (κ3) is 3.49. The second-order valence-corrected chi connectivity index (χ2v) is 6.06. The van der Waals surface area contributed by atoms with Crippen LogP contribution < -0.4 is 5.32 Å². The van der Waals surface area contributed by atoms with E-state index in [9.17, 15) is 4.79 Å². The van der Waals surface area contributed by atoms with Crippen LogP contribution in [0, 0.1) is 0 Å². The fourth-order valence-electron chi connectivity index (χ4n) is 1.14. The Labute approximate surface area is 115 Å². The normalized spacial score (nSPS) is 10.2. The van der Waals surface area contributed by atoms with E-state index in [1.165, 1.54) is 12.1 Å². The Balaban J connectivity index is 1.95. The van der Waals surface area contributed by atoms with Crippen LogP contribution in [-0.2, 0) is 6.54 Å². The van der Waals surface area contributed by atoms with Crippen LogP contribution in [-0.4, -0.2) is 16.1 Å². The maximum absolute atomic E-state index is 11.7. The summed E-state index contributed by atoms with van der Waals surface area (Å²) in [5.41, 5.74) is 0.255. The Kier molecular flexibility index (Phi) is 4.09. The summed E-state index contributed by atoms with van der Waals surface area (Å²) in [6, 6.07) is 6.96. The van der Waals surface area contributed by atoms with Crippen molar-refractivity contribution in [2.24, 2.45) is 0 Å². The van der Waals surface area contributed by atoms with Crippen molar-refractivity contribution >= 4 is 44.8 Å². The molecule has 0 bridgehead atoms. The molecule has 2 rings (SSSR count). The molecule has 2 aromatic heterocycles. The molecule has 0 saturated carbocycles. The summed E-state index contributed by atoms with van der Waals surface area (Å²) >= 11 is 10.5. The topological polar surface area (TPSA) is 54.9 Å². The minimum atomic E-state index is -0.265. The summed E-state index contributed by atoms with van der Waals surface area (Å²) in [5.74, 6) is -0.265. The number of rotatable bonds is 3. The molecule has 0 atom stereocenters. The van der Waals surface area contributed by atoms with Crippen molar-refractivity contribution in [1.82, 2.24) is 15.5 Å². The van der Waals surface area contributed by atoms with Crippen molar-refractivity contribution in [2.75, 3.05) is 0 Å². The molecule has 1 N–H and O–H groups in total. The molecule has 17 heavy (non-hydrogen) atoms. The molecule has 0 fully saturated rings. The fraction of sp³-hybridized carbons (Fsp3) is 0.100. The minimum absolute atomic E-state index is 0.255. The number of nitrogens with zero attached hydrogens (tertiary/aromatic N) is 2. The smallest absolute Gasteiger partial charge is 0.272 e. The Bertz CT molecular complexity index is 529. The first-order chi connectivity index (χ1) is 8.15. The van der Waals surface area contributed by atoms with E-state index >= 15 is 0 Å². The van der Waals surface area contributed by atoms with Gasteiger partial charge in [0.1, 0.15) is 0 Å². The molecule has 4 nitrogen and oxygen atoms in total. The first-order valence-corrected chi connectivity index (χ1v) is 6.65. The van der Waals surface area contributed by atoms with E-state index < -0.39 is 0 Å². The molecule has 88 valence electrons. The molecule has 0 aromatic carbocycles. The number of amides is 1. The van der Waals surface area contributed by atoms with Gasteiger partial charge in [0.15, 0.2) is 10.8 Å². The van der Waals surface area contributed by atoms with Crippen molar-refractivity contribution in [3.63, 3.8) is 0 Å². The van der Waals surface area contributed by atoms with Crippen molar-refractivity contribution in [2.45, 2.75) is 6.54 Å². The van der Waals surface area contributed by atoms with Gasteiger partial charge in [-0.2, -0.15) is 0 Å². The number of carbonyl (C=O) groups excluding carboxylic acids is 1. The summed E-state index contributed by atoms with van der Waals surface area (Å²) in [7, 11) is 0. The highest BCUT2D eigenvalue weighted by atomic mass is 79.9. The van der Waals surface area contributed by atoms with Crippen LogP contribution in [0.2, 0.25) is 5.15 Å². The standard InChI is InChI=1S/C10H7BrClN3OS/c11-8-3-1-6(17-8)5-13-10(16)7-2-4-9(12)15-14-7/h1-4H,5H2,(H,13,16). The lowest BCUT2D eigenvalue weighted by molar-refractivity contribution is 0.0945. The summed E-state index contributed by atoms with van der Waals surface area (Å²) in [6.07, 6.45) is 0. The Morgan fingerprint density at radius 2 is 2.18 bits per heavy atom. The molecular formula is C10H7BrClN3OS. The summed E-state index contributed by atoms with van der Waals surface area (Å²) in [6.45, 7) is 0.472. The second kappa shape index (κ2) is 5.57. The number of nitrogens with one attached hydrogen (secondary N) is 1. The molecule has 0 spiro atoms. The lowest BCUT2D eigenvalue weighted by Crippen LogP contribution is -2.23. The van der Waals surface area contributed by atoms with Gasteiger partial charge in [-0.3, -0.25) is 4.79 Å². The zero-order chi connectivity index (χ0) is 12.3. The lowest BCUT2D eigenvalue weighted by atomic mass is 10.3. The van der Waals surface area contributed by atoms with Gasteiger partial charge < -0.3 is 5.32 Å². The van der Waals surface area contributed by atoms with E-state index in [-0.39, 0.29) is 16.8 Å². The summed E-state index contributed by atoms with van der Waals surface area (Å²) in [5, 5.41) is 10.3. The van der Waals surface area contributed by atoms with Gasteiger partial charge in [0.05, 0.1) is 10.3 Å². The fourth-order valence-corrected chi connectivity index (χ4v) is 2.67. The van der Waals surface area contributed by atoms with E-state index in [0.29, 0.717) is 6.54 Å². The van der Waals surface area contributed by atoms with Crippen LogP contribution in [0.4, 0.5) is 0 Å². The average Bonchev–Trinajstić information content (AvgIpc) is 2.73. The van der Waals surface area contributed by atoms with Gasteiger partial charge in [0, 0.05) is 4.88 Å².